The molecule has 3 heterocycles. The Balaban J connectivity index is 1.47. The van der Waals surface area contributed by atoms with Gasteiger partial charge in [-0.3, -0.25) is 9.69 Å². The molecular formula is C22H29FN4O2. The van der Waals surface area contributed by atoms with E-state index in [-0.39, 0.29) is 17.8 Å². The minimum atomic E-state index is -0.607. The van der Waals surface area contributed by atoms with Crippen LogP contribution in [-0.4, -0.2) is 65.9 Å². The summed E-state index contributed by atoms with van der Waals surface area (Å²) in [4.78, 5) is 31.5. The van der Waals surface area contributed by atoms with Crippen LogP contribution in [0, 0.1) is 5.82 Å². The van der Waals surface area contributed by atoms with Crippen molar-refractivity contribution >= 4 is 11.9 Å². The van der Waals surface area contributed by atoms with Gasteiger partial charge in [0.15, 0.2) is 0 Å². The lowest BCUT2D eigenvalue weighted by atomic mass is 9.95. The summed E-state index contributed by atoms with van der Waals surface area (Å²) >= 11 is 0. The van der Waals surface area contributed by atoms with E-state index in [2.05, 4.69) is 17.1 Å². The van der Waals surface area contributed by atoms with Crippen molar-refractivity contribution in [3.8, 4) is 0 Å². The number of rotatable bonds is 5. The second-order valence-corrected chi connectivity index (χ2v) is 8.32. The molecule has 0 radical (unpaired) electrons. The number of hydrogen-bond donors (Lipinski definition) is 1. The van der Waals surface area contributed by atoms with Gasteiger partial charge in [-0.05, 0) is 50.4 Å². The first-order chi connectivity index (χ1) is 14.0. The summed E-state index contributed by atoms with van der Waals surface area (Å²) in [5.74, 6) is -0.441. The molecule has 7 heteroatoms. The molecule has 156 valence electrons. The van der Waals surface area contributed by atoms with Gasteiger partial charge in [-0.15, -0.1) is 0 Å². The zero-order valence-corrected chi connectivity index (χ0v) is 17.2. The highest BCUT2D eigenvalue weighted by molar-refractivity contribution is 6.01. The summed E-state index contributed by atoms with van der Waals surface area (Å²) in [6, 6.07) is 5.83. The van der Waals surface area contributed by atoms with Crippen molar-refractivity contribution in [1.82, 2.24) is 20.0 Å². The van der Waals surface area contributed by atoms with Crippen LogP contribution in [0.1, 0.15) is 44.2 Å². The van der Waals surface area contributed by atoms with Gasteiger partial charge in [-0.2, -0.15) is 0 Å². The van der Waals surface area contributed by atoms with Gasteiger partial charge in [0.1, 0.15) is 5.82 Å². The van der Waals surface area contributed by atoms with Crippen molar-refractivity contribution in [2.75, 3.05) is 33.2 Å². The van der Waals surface area contributed by atoms with Gasteiger partial charge in [0.05, 0.1) is 23.9 Å². The minimum absolute atomic E-state index is 0.0622. The number of halogens is 1. The number of nitrogens with one attached hydrogen (secondary N) is 1. The second kappa shape index (κ2) is 8.14. The molecule has 6 nitrogen and oxygen atoms in total. The maximum Gasteiger partial charge on any atom is 0.322 e. The van der Waals surface area contributed by atoms with E-state index in [1.165, 1.54) is 36.3 Å². The normalized spacial score (nSPS) is 25.5. The number of likely N-dealkylation sites (N-methyl/N-ethyl adjacent to an activating group) is 1. The van der Waals surface area contributed by atoms with E-state index in [1.807, 2.05) is 4.90 Å². The molecule has 3 aliphatic rings. The molecule has 1 aromatic rings. The topological polar surface area (TPSA) is 55.9 Å². The Morgan fingerprint density at radius 1 is 1.21 bits per heavy atom. The summed E-state index contributed by atoms with van der Waals surface area (Å²) in [7, 11) is 1.68. The van der Waals surface area contributed by atoms with Gasteiger partial charge in [-0.25, -0.2) is 9.18 Å². The number of benzene rings is 1. The Morgan fingerprint density at radius 3 is 2.79 bits per heavy atom. The highest BCUT2D eigenvalue weighted by Crippen LogP contribution is 2.35. The van der Waals surface area contributed by atoms with Gasteiger partial charge >= 0.3 is 6.03 Å². The number of carbonyl (C=O) groups excluding carboxylic acids is 2. The lowest BCUT2D eigenvalue weighted by molar-refractivity contribution is -0.125. The Morgan fingerprint density at radius 2 is 2.03 bits per heavy atom. The second-order valence-electron chi connectivity index (χ2n) is 8.32. The molecule has 1 fully saturated rings. The predicted molar refractivity (Wildman–Crippen MR) is 109 cm³/mol. The van der Waals surface area contributed by atoms with Crippen LogP contribution in [-0.2, 0) is 4.79 Å². The molecule has 0 saturated carbocycles. The van der Waals surface area contributed by atoms with Gasteiger partial charge in [0.2, 0.25) is 0 Å². The molecule has 0 bridgehead atoms. The maximum absolute atomic E-state index is 13.7. The van der Waals surface area contributed by atoms with Gasteiger partial charge in [-0.1, -0.05) is 18.6 Å². The van der Waals surface area contributed by atoms with Crippen molar-refractivity contribution in [3.05, 3.63) is 46.9 Å². The number of amides is 3. The van der Waals surface area contributed by atoms with Crippen molar-refractivity contribution in [2.45, 2.75) is 44.7 Å². The molecule has 3 aliphatic heterocycles. The fourth-order valence-electron chi connectivity index (χ4n) is 4.69. The summed E-state index contributed by atoms with van der Waals surface area (Å²) in [6.07, 6.45) is 4.70. The Bertz CT molecular complexity index is 840. The van der Waals surface area contributed by atoms with Gasteiger partial charge in [0.25, 0.3) is 5.91 Å². The number of hydrogen-bond acceptors (Lipinski definition) is 3. The quantitative estimate of drug-likeness (QED) is 0.827. The molecule has 1 N–H and O–H groups in total. The summed E-state index contributed by atoms with van der Waals surface area (Å²) in [5.41, 5.74) is 1.87. The third-order valence-electron chi connectivity index (χ3n) is 6.43. The number of nitrogens with zero attached hydrogens (tertiary/aromatic N) is 3. The SMILES string of the molecule is CC1CCCCN1CCCN1CC2=C(C1=O)C(c1cccc(F)c1)NC(=O)N2C. The van der Waals surface area contributed by atoms with Crippen molar-refractivity contribution in [1.29, 1.82) is 0 Å². The first-order valence-electron chi connectivity index (χ1n) is 10.5. The van der Waals surface area contributed by atoms with Crippen LogP contribution in [0.15, 0.2) is 35.5 Å². The minimum Gasteiger partial charge on any atom is -0.333 e. The van der Waals surface area contributed by atoms with E-state index >= 15 is 0 Å². The van der Waals surface area contributed by atoms with E-state index in [1.54, 1.807) is 19.2 Å². The monoisotopic (exact) mass is 400 g/mol. The van der Waals surface area contributed by atoms with E-state index in [0.29, 0.717) is 30.3 Å². The zero-order chi connectivity index (χ0) is 20.5. The maximum atomic E-state index is 13.7. The van der Waals surface area contributed by atoms with Crippen molar-refractivity contribution in [2.24, 2.45) is 0 Å². The molecule has 0 aromatic heterocycles. The fraction of sp³-hybridized carbons (Fsp3) is 0.545. The number of piperidine rings is 1. The first-order valence-corrected chi connectivity index (χ1v) is 10.5. The third-order valence-corrected chi connectivity index (χ3v) is 6.43. The summed E-state index contributed by atoms with van der Waals surface area (Å²) in [5, 5.41) is 2.85. The summed E-state index contributed by atoms with van der Waals surface area (Å²) in [6.45, 7) is 5.48. The number of carbonyl (C=O) groups is 2. The Labute approximate surface area is 171 Å². The van der Waals surface area contributed by atoms with Gasteiger partial charge in [0, 0.05) is 26.2 Å². The third kappa shape index (κ3) is 3.88. The smallest absolute Gasteiger partial charge is 0.322 e. The molecule has 4 rings (SSSR count). The predicted octanol–water partition coefficient (Wildman–Crippen LogP) is 2.88. The summed E-state index contributed by atoms with van der Waals surface area (Å²) < 4.78 is 13.7. The molecule has 0 aliphatic carbocycles. The zero-order valence-electron chi connectivity index (χ0n) is 17.2. The molecular weight excluding hydrogens is 371 g/mol. The molecule has 3 amide bonds. The van der Waals surface area contributed by atoms with Crippen LogP contribution in [0.4, 0.5) is 9.18 Å². The molecule has 1 aromatic carbocycles. The molecule has 2 unspecified atom stereocenters. The molecule has 0 spiro atoms. The van der Waals surface area contributed by atoms with E-state index in [4.69, 9.17) is 0 Å². The lowest BCUT2D eigenvalue weighted by Crippen LogP contribution is -2.45. The van der Waals surface area contributed by atoms with E-state index in [0.717, 1.165) is 25.2 Å². The largest absolute Gasteiger partial charge is 0.333 e. The molecule has 1 saturated heterocycles. The fourth-order valence-corrected chi connectivity index (χ4v) is 4.69. The Kier molecular flexibility index (Phi) is 5.58. The van der Waals surface area contributed by atoms with Crippen LogP contribution in [0.25, 0.3) is 0 Å². The standard InChI is InChI=1S/C22H29FN4O2/c1-15-7-3-4-10-26(15)11-6-12-27-14-18-19(21(27)28)20(24-22(29)25(18)2)16-8-5-9-17(23)13-16/h5,8-9,13,15,20H,3-4,6-7,10-12,14H2,1-2H3,(H,24,29). The van der Waals surface area contributed by atoms with Gasteiger partial charge < -0.3 is 15.1 Å². The van der Waals surface area contributed by atoms with Crippen LogP contribution >= 0.6 is 0 Å². The van der Waals surface area contributed by atoms with Crippen LogP contribution in [0.3, 0.4) is 0 Å². The van der Waals surface area contributed by atoms with Crippen molar-refractivity contribution < 1.29 is 14.0 Å². The van der Waals surface area contributed by atoms with E-state index in [9.17, 15) is 14.0 Å². The highest BCUT2D eigenvalue weighted by atomic mass is 19.1. The average Bonchev–Trinajstić information content (AvgIpc) is 3.03. The highest BCUT2D eigenvalue weighted by Gasteiger charge is 2.42. The number of likely N-dealkylation sites (tertiary alicyclic amines) is 1. The van der Waals surface area contributed by atoms with Crippen LogP contribution < -0.4 is 5.32 Å². The first kappa shape index (κ1) is 19.9. The molecule has 2 atom stereocenters. The van der Waals surface area contributed by atoms with E-state index < -0.39 is 6.04 Å². The van der Waals surface area contributed by atoms with Crippen LogP contribution in [0.2, 0.25) is 0 Å². The van der Waals surface area contributed by atoms with Crippen LogP contribution in [0.5, 0.6) is 0 Å². The van der Waals surface area contributed by atoms with Crippen molar-refractivity contribution in [3.63, 3.8) is 0 Å². The average molecular weight is 400 g/mol. The number of urea groups is 1. The Hall–Kier alpha value is -2.41. The lowest BCUT2D eigenvalue weighted by Gasteiger charge is -2.33. The molecule has 29 heavy (non-hydrogen) atoms.